The lowest BCUT2D eigenvalue weighted by atomic mass is 9.83. The van der Waals surface area contributed by atoms with E-state index in [0.717, 1.165) is 17.1 Å². The Morgan fingerprint density at radius 3 is 2.80 bits per heavy atom. The van der Waals surface area contributed by atoms with Crippen molar-refractivity contribution in [3.63, 3.8) is 0 Å². The van der Waals surface area contributed by atoms with Gasteiger partial charge in [0.25, 0.3) is 0 Å². The second-order valence-corrected chi connectivity index (χ2v) is 4.61. The van der Waals surface area contributed by atoms with E-state index >= 15 is 0 Å². The van der Waals surface area contributed by atoms with Crippen LogP contribution in [0.2, 0.25) is 5.02 Å². The lowest BCUT2D eigenvalue weighted by Gasteiger charge is -2.35. The molecule has 1 fully saturated rings. The van der Waals surface area contributed by atoms with Gasteiger partial charge in [-0.3, -0.25) is 4.79 Å². The standard InChI is InChI=1S/C12H14ClNO/c1-12(8-9(15)6-7-14-12)10-4-2-3-5-11(10)13/h2-5,14H,6-8H2,1H3. The first-order valence-electron chi connectivity index (χ1n) is 5.13. The Labute approximate surface area is 94.6 Å². The zero-order chi connectivity index (χ0) is 10.9. The first-order chi connectivity index (χ1) is 7.12. The van der Waals surface area contributed by atoms with Gasteiger partial charge in [0.15, 0.2) is 0 Å². The molecule has 0 saturated carbocycles. The minimum absolute atomic E-state index is 0.298. The number of ketones is 1. The normalized spacial score (nSPS) is 26.7. The number of hydrogen-bond acceptors (Lipinski definition) is 2. The number of hydrogen-bond donors (Lipinski definition) is 1. The van der Waals surface area contributed by atoms with Crippen LogP contribution in [0.5, 0.6) is 0 Å². The number of halogens is 1. The number of piperidine rings is 1. The highest BCUT2D eigenvalue weighted by Gasteiger charge is 2.33. The lowest BCUT2D eigenvalue weighted by Crippen LogP contribution is -2.46. The van der Waals surface area contributed by atoms with Crippen LogP contribution in [0.4, 0.5) is 0 Å². The molecule has 80 valence electrons. The maximum atomic E-state index is 11.5. The molecule has 1 aromatic carbocycles. The van der Waals surface area contributed by atoms with E-state index in [-0.39, 0.29) is 5.54 Å². The van der Waals surface area contributed by atoms with Crippen LogP contribution in [0.1, 0.15) is 25.3 Å². The molecule has 1 aliphatic heterocycles. The summed E-state index contributed by atoms with van der Waals surface area (Å²) in [6, 6.07) is 7.70. The molecule has 0 amide bonds. The monoisotopic (exact) mass is 223 g/mol. The fraction of sp³-hybridized carbons (Fsp3) is 0.417. The summed E-state index contributed by atoms with van der Waals surface area (Å²) in [6.07, 6.45) is 1.15. The summed E-state index contributed by atoms with van der Waals surface area (Å²) in [5, 5.41) is 4.10. The maximum Gasteiger partial charge on any atom is 0.136 e. The molecular formula is C12H14ClNO. The van der Waals surface area contributed by atoms with Crippen LogP contribution in [0.25, 0.3) is 0 Å². The Morgan fingerprint density at radius 2 is 2.13 bits per heavy atom. The zero-order valence-corrected chi connectivity index (χ0v) is 9.47. The van der Waals surface area contributed by atoms with E-state index in [1.54, 1.807) is 0 Å². The molecule has 0 aliphatic carbocycles. The molecule has 1 unspecified atom stereocenters. The topological polar surface area (TPSA) is 29.1 Å². The Kier molecular flexibility index (Phi) is 2.81. The van der Waals surface area contributed by atoms with Gasteiger partial charge in [-0.15, -0.1) is 0 Å². The fourth-order valence-corrected chi connectivity index (χ4v) is 2.47. The van der Waals surface area contributed by atoms with Gasteiger partial charge < -0.3 is 5.32 Å². The highest BCUT2D eigenvalue weighted by atomic mass is 35.5. The van der Waals surface area contributed by atoms with Crippen molar-refractivity contribution >= 4 is 17.4 Å². The second kappa shape index (κ2) is 3.95. The Hall–Kier alpha value is -0.860. The summed E-state index contributed by atoms with van der Waals surface area (Å²) in [7, 11) is 0. The van der Waals surface area contributed by atoms with Gasteiger partial charge in [-0.25, -0.2) is 0 Å². The highest BCUT2D eigenvalue weighted by molar-refractivity contribution is 6.31. The van der Waals surface area contributed by atoms with Crippen molar-refractivity contribution < 1.29 is 4.79 Å². The summed E-state index contributed by atoms with van der Waals surface area (Å²) in [6.45, 7) is 2.77. The van der Waals surface area contributed by atoms with E-state index < -0.39 is 0 Å². The SMILES string of the molecule is CC1(c2ccccc2Cl)CC(=O)CCN1. The van der Waals surface area contributed by atoms with Crippen molar-refractivity contribution in [2.24, 2.45) is 0 Å². The van der Waals surface area contributed by atoms with Crippen LogP contribution in [0, 0.1) is 0 Å². The van der Waals surface area contributed by atoms with Crippen molar-refractivity contribution in [3.8, 4) is 0 Å². The smallest absolute Gasteiger partial charge is 0.136 e. The number of rotatable bonds is 1. The molecule has 1 heterocycles. The van der Waals surface area contributed by atoms with Crippen molar-refractivity contribution in [2.45, 2.75) is 25.3 Å². The number of nitrogens with one attached hydrogen (secondary N) is 1. The summed E-state index contributed by atoms with van der Waals surface area (Å²) in [5.41, 5.74) is 0.716. The average molecular weight is 224 g/mol. The average Bonchev–Trinajstić information content (AvgIpc) is 2.17. The zero-order valence-electron chi connectivity index (χ0n) is 8.72. The molecule has 0 radical (unpaired) electrons. The predicted molar refractivity (Wildman–Crippen MR) is 61.0 cm³/mol. The van der Waals surface area contributed by atoms with Gasteiger partial charge >= 0.3 is 0 Å². The molecular weight excluding hydrogens is 210 g/mol. The van der Waals surface area contributed by atoms with Crippen molar-refractivity contribution in [1.82, 2.24) is 5.32 Å². The van der Waals surface area contributed by atoms with E-state index in [1.807, 2.05) is 31.2 Å². The molecule has 1 N–H and O–H groups in total. The maximum absolute atomic E-state index is 11.5. The van der Waals surface area contributed by atoms with Crippen LogP contribution >= 0.6 is 11.6 Å². The summed E-state index contributed by atoms with van der Waals surface area (Å²) >= 11 is 6.14. The summed E-state index contributed by atoms with van der Waals surface area (Å²) < 4.78 is 0. The molecule has 15 heavy (non-hydrogen) atoms. The third-order valence-electron chi connectivity index (χ3n) is 2.94. The highest BCUT2D eigenvalue weighted by Crippen LogP contribution is 2.32. The van der Waals surface area contributed by atoms with E-state index in [1.165, 1.54) is 0 Å². The molecule has 1 aromatic rings. The number of carbonyl (C=O) groups excluding carboxylic acids is 1. The predicted octanol–water partition coefficient (Wildman–Crippen LogP) is 2.51. The van der Waals surface area contributed by atoms with E-state index in [2.05, 4.69) is 5.32 Å². The van der Waals surface area contributed by atoms with E-state index in [4.69, 9.17) is 11.6 Å². The van der Waals surface area contributed by atoms with Crippen LogP contribution < -0.4 is 5.32 Å². The van der Waals surface area contributed by atoms with Gasteiger partial charge in [-0.2, -0.15) is 0 Å². The fourth-order valence-electron chi connectivity index (χ4n) is 2.12. The first kappa shape index (κ1) is 10.7. The van der Waals surface area contributed by atoms with Gasteiger partial charge in [-0.1, -0.05) is 29.8 Å². The first-order valence-corrected chi connectivity index (χ1v) is 5.51. The van der Waals surface area contributed by atoms with Gasteiger partial charge in [0, 0.05) is 29.9 Å². The van der Waals surface area contributed by atoms with Crippen LogP contribution in [-0.4, -0.2) is 12.3 Å². The van der Waals surface area contributed by atoms with Gasteiger partial charge in [0.1, 0.15) is 5.78 Å². The summed E-state index contributed by atoms with van der Waals surface area (Å²) in [5.74, 6) is 0.302. The number of Topliss-reactive ketones (excluding diaryl/α,β-unsaturated/α-hetero) is 1. The van der Waals surface area contributed by atoms with E-state index in [9.17, 15) is 4.79 Å². The molecule has 0 aromatic heterocycles. The van der Waals surface area contributed by atoms with Crippen molar-refractivity contribution in [2.75, 3.05) is 6.54 Å². The van der Waals surface area contributed by atoms with Gasteiger partial charge in [0.2, 0.25) is 0 Å². The number of benzene rings is 1. The third kappa shape index (κ3) is 2.06. The number of carbonyl (C=O) groups is 1. The molecule has 0 spiro atoms. The second-order valence-electron chi connectivity index (χ2n) is 4.20. The largest absolute Gasteiger partial charge is 0.307 e. The third-order valence-corrected chi connectivity index (χ3v) is 3.27. The lowest BCUT2D eigenvalue weighted by molar-refractivity contribution is -0.122. The molecule has 3 heteroatoms. The van der Waals surface area contributed by atoms with Crippen LogP contribution in [0.15, 0.2) is 24.3 Å². The minimum atomic E-state index is -0.298. The molecule has 1 saturated heterocycles. The van der Waals surface area contributed by atoms with Crippen LogP contribution in [0.3, 0.4) is 0 Å². The summed E-state index contributed by atoms with van der Waals surface area (Å²) in [4.78, 5) is 11.5. The molecule has 1 aliphatic rings. The Balaban J connectivity index is 2.36. The van der Waals surface area contributed by atoms with E-state index in [0.29, 0.717) is 18.6 Å². The van der Waals surface area contributed by atoms with Gasteiger partial charge in [0.05, 0.1) is 0 Å². The van der Waals surface area contributed by atoms with Crippen molar-refractivity contribution in [1.29, 1.82) is 0 Å². The minimum Gasteiger partial charge on any atom is -0.307 e. The van der Waals surface area contributed by atoms with Gasteiger partial charge in [-0.05, 0) is 18.6 Å². The molecule has 2 nitrogen and oxygen atoms in total. The molecule has 1 atom stereocenters. The Morgan fingerprint density at radius 1 is 1.40 bits per heavy atom. The van der Waals surface area contributed by atoms with Crippen molar-refractivity contribution in [3.05, 3.63) is 34.9 Å². The molecule has 0 bridgehead atoms. The quantitative estimate of drug-likeness (QED) is 0.793. The Bertz CT molecular complexity index is 391. The molecule has 2 rings (SSSR count). The van der Waals surface area contributed by atoms with Crippen LogP contribution in [-0.2, 0) is 10.3 Å².